The number of aromatic carboxylic acids is 1. The van der Waals surface area contributed by atoms with Crippen LogP contribution in [0.5, 0.6) is 0 Å². The molecule has 1 aliphatic rings. The molecule has 0 amide bonds. The molecule has 3 nitrogen and oxygen atoms in total. The third-order valence-electron chi connectivity index (χ3n) is 5.15. The van der Waals surface area contributed by atoms with Crippen LogP contribution < -0.4 is 0 Å². The lowest BCUT2D eigenvalue weighted by Crippen LogP contribution is -2.17. The Kier molecular flexibility index (Phi) is 4.08. The zero-order valence-corrected chi connectivity index (χ0v) is 15.0. The van der Waals surface area contributed by atoms with Crippen LogP contribution in [-0.2, 0) is 6.42 Å². The van der Waals surface area contributed by atoms with E-state index in [-0.39, 0.29) is 0 Å². The zero-order valence-electron chi connectivity index (χ0n) is 15.0. The Hall–Kier alpha value is -2.94. The topological polar surface area (TPSA) is 50.2 Å². The van der Waals surface area contributed by atoms with Crippen molar-refractivity contribution in [2.45, 2.75) is 26.7 Å². The number of hydrogen-bond acceptors (Lipinski definition) is 2. The van der Waals surface area contributed by atoms with Gasteiger partial charge >= 0.3 is 5.97 Å². The van der Waals surface area contributed by atoms with Crippen molar-refractivity contribution in [3.05, 3.63) is 76.5 Å². The molecule has 2 aromatic carbocycles. The van der Waals surface area contributed by atoms with Crippen molar-refractivity contribution >= 4 is 28.5 Å². The number of aryl methyl sites for hydroxylation is 1. The summed E-state index contributed by atoms with van der Waals surface area (Å²) in [5.41, 5.74) is 6.37. The Morgan fingerprint density at radius 3 is 2.62 bits per heavy atom. The van der Waals surface area contributed by atoms with E-state index in [1.165, 1.54) is 5.56 Å². The first-order chi connectivity index (χ1) is 12.5. The molecule has 0 saturated carbocycles. The number of carboxylic acids is 1. The van der Waals surface area contributed by atoms with E-state index < -0.39 is 5.97 Å². The smallest absolute Gasteiger partial charge is 0.336 e. The second-order valence-corrected chi connectivity index (χ2v) is 7.18. The molecule has 3 heteroatoms. The number of nitrogens with zero attached hydrogens (tertiary/aromatic N) is 1. The second kappa shape index (κ2) is 6.41. The summed E-state index contributed by atoms with van der Waals surface area (Å²) in [6.07, 6.45) is 3.84. The maximum atomic E-state index is 12.1. The molecule has 0 unspecified atom stereocenters. The minimum Gasteiger partial charge on any atom is -0.478 e. The van der Waals surface area contributed by atoms with E-state index in [4.69, 9.17) is 4.98 Å². The van der Waals surface area contributed by atoms with Crippen molar-refractivity contribution in [1.29, 1.82) is 0 Å². The van der Waals surface area contributed by atoms with Gasteiger partial charge in [0.25, 0.3) is 0 Å². The molecule has 0 radical (unpaired) electrons. The van der Waals surface area contributed by atoms with Crippen molar-refractivity contribution < 1.29 is 9.90 Å². The molecule has 4 rings (SSSR count). The Morgan fingerprint density at radius 2 is 1.85 bits per heavy atom. The number of fused-ring (bicyclic) bond motifs is 2. The Balaban J connectivity index is 2.01. The zero-order chi connectivity index (χ0) is 18.3. The Morgan fingerprint density at radius 1 is 1.12 bits per heavy atom. The van der Waals surface area contributed by atoms with Crippen LogP contribution in [0.3, 0.4) is 0 Å². The molecular weight excluding hydrogens is 322 g/mol. The van der Waals surface area contributed by atoms with Gasteiger partial charge in [-0.15, -0.1) is 0 Å². The lowest BCUT2D eigenvalue weighted by molar-refractivity contribution is 0.0697. The summed E-state index contributed by atoms with van der Waals surface area (Å²) in [4.78, 5) is 16.9. The molecule has 0 bridgehead atoms. The van der Waals surface area contributed by atoms with Crippen LogP contribution in [0.1, 0.15) is 46.1 Å². The fraction of sp³-hybridized carbons (Fsp3) is 0.217. The standard InChI is InChI=1S/C23H21NO2/c1-14-11-17(13-16-8-4-3-7-15(16)2)22-19(12-14)21(23(25)26)18-9-5-6-10-20(18)24-22/h3-10,13-14H,11-12H2,1-2H3,(H,25,26)/b17-13+/t14-/m0/s1. The van der Waals surface area contributed by atoms with E-state index in [0.29, 0.717) is 11.5 Å². The average Bonchev–Trinajstić information content (AvgIpc) is 2.61. The van der Waals surface area contributed by atoms with Crippen molar-refractivity contribution in [2.75, 3.05) is 0 Å². The van der Waals surface area contributed by atoms with Gasteiger partial charge in [0.05, 0.1) is 16.8 Å². The first-order valence-corrected chi connectivity index (χ1v) is 8.96. The number of pyridine rings is 1. The van der Waals surface area contributed by atoms with Gasteiger partial charge in [-0.25, -0.2) is 9.78 Å². The predicted octanol–water partition coefficient (Wildman–Crippen LogP) is 5.36. The first kappa shape index (κ1) is 16.5. The van der Waals surface area contributed by atoms with Crippen LogP contribution in [0.2, 0.25) is 0 Å². The fourth-order valence-corrected chi connectivity index (χ4v) is 3.92. The van der Waals surface area contributed by atoms with E-state index in [2.05, 4.69) is 32.1 Å². The fourth-order valence-electron chi connectivity index (χ4n) is 3.92. The van der Waals surface area contributed by atoms with Gasteiger partial charge in [-0.05, 0) is 60.1 Å². The van der Waals surface area contributed by atoms with Crippen molar-refractivity contribution in [1.82, 2.24) is 4.98 Å². The van der Waals surface area contributed by atoms with E-state index in [1.807, 2.05) is 36.4 Å². The van der Waals surface area contributed by atoms with Crippen LogP contribution in [0, 0.1) is 12.8 Å². The number of benzene rings is 2. The van der Waals surface area contributed by atoms with Crippen molar-refractivity contribution in [2.24, 2.45) is 5.92 Å². The molecule has 1 aliphatic carbocycles. The van der Waals surface area contributed by atoms with Gasteiger partial charge in [-0.2, -0.15) is 0 Å². The highest BCUT2D eigenvalue weighted by molar-refractivity contribution is 6.06. The number of hydrogen-bond donors (Lipinski definition) is 1. The molecule has 3 aromatic rings. The van der Waals surface area contributed by atoms with Gasteiger partial charge in [0.2, 0.25) is 0 Å². The number of aromatic nitrogens is 1. The third-order valence-corrected chi connectivity index (χ3v) is 5.15. The highest BCUT2D eigenvalue weighted by Crippen LogP contribution is 2.38. The quantitative estimate of drug-likeness (QED) is 0.681. The SMILES string of the molecule is Cc1ccccc1/C=C1\C[C@H](C)Cc2c1nc1ccccc1c2C(=O)O. The molecule has 130 valence electrons. The summed E-state index contributed by atoms with van der Waals surface area (Å²) in [7, 11) is 0. The van der Waals surface area contributed by atoms with Gasteiger partial charge in [0.15, 0.2) is 0 Å². The number of para-hydroxylation sites is 1. The summed E-state index contributed by atoms with van der Waals surface area (Å²) in [5, 5.41) is 10.6. The molecule has 1 N–H and O–H groups in total. The molecular formula is C23H21NO2. The van der Waals surface area contributed by atoms with Gasteiger partial charge in [0.1, 0.15) is 0 Å². The molecule has 1 aromatic heterocycles. The highest BCUT2D eigenvalue weighted by Gasteiger charge is 2.27. The predicted molar refractivity (Wildman–Crippen MR) is 105 cm³/mol. The maximum Gasteiger partial charge on any atom is 0.336 e. The summed E-state index contributed by atoms with van der Waals surface area (Å²) >= 11 is 0. The molecule has 1 heterocycles. The van der Waals surface area contributed by atoms with Gasteiger partial charge in [0, 0.05) is 5.39 Å². The number of carboxylic acid groups (broad SMARTS) is 1. The molecule has 0 saturated heterocycles. The minimum absolute atomic E-state index is 0.388. The minimum atomic E-state index is -0.871. The first-order valence-electron chi connectivity index (χ1n) is 8.96. The van der Waals surface area contributed by atoms with Crippen molar-refractivity contribution in [3.8, 4) is 0 Å². The largest absolute Gasteiger partial charge is 0.478 e. The summed E-state index contributed by atoms with van der Waals surface area (Å²) in [6, 6.07) is 15.8. The monoisotopic (exact) mass is 343 g/mol. The maximum absolute atomic E-state index is 12.1. The van der Waals surface area contributed by atoms with Crippen LogP contribution in [0.4, 0.5) is 0 Å². The van der Waals surface area contributed by atoms with Crippen LogP contribution in [0.15, 0.2) is 48.5 Å². The van der Waals surface area contributed by atoms with E-state index >= 15 is 0 Å². The van der Waals surface area contributed by atoms with Gasteiger partial charge < -0.3 is 5.11 Å². The van der Waals surface area contributed by atoms with Gasteiger partial charge in [-0.1, -0.05) is 49.4 Å². The highest BCUT2D eigenvalue weighted by atomic mass is 16.4. The van der Waals surface area contributed by atoms with E-state index in [9.17, 15) is 9.90 Å². The summed E-state index contributed by atoms with van der Waals surface area (Å²) in [6.45, 7) is 4.27. The van der Waals surface area contributed by atoms with Crippen LogP contribution >= 0.6 is 0 Å². The van der Waals surface area contributed by atoms with Crippen molar-refractivity contribution in [3.63, 3.8) is 0 Å². The van der Waals surface area contributed by atoms with E-state index in [0.717, 1.165) is 46.1 Å². The van der Waals surface area contributed by atoms with Crippen LogP contribution in [0.25, 0.3) is 22.6 Å². The molecule has 0 aliphatic heterocycles. The number of carbonyl (C=O) groups is 1. The lowest BCUT2D eigenvalue weighted by atomic mass is 9.80. The molecule has 0 fully saturated rings. The molecule has 0 spiro atoms. The Bertz CT molecular complexity index is 1050. The normalized spacial score (nSPS) is 18.1. The third kappa shape index (κ3) is 2.80. The molecule has 26 heavy (non-hydrogen) atoms. The van der Waals surface area contributed by atoms with Gasteiger partial charge in [-0.3, -0.25) is 0 Å². The lowest BCUT2D eigenvalue weighted by Gasteiger charge is -2.26. The second-order valence-electron chi connectivity index (χ2n) is 7.18. The number of rotatable bonds is 2. The average molecular weight is 343 g/mol. The Labute approximate surface area is 153 Å². The summed E-state index contributed by atoms with van der Waals surface area (Å²) < 4.78 is 0. The molecule has 1 atom stereocenters. The summed E-state index contributed by atoms with van der Waals surface area (Å²) in [5.74, 6) is -0.483. The van der Waals surface area contributed by atoms with Crippen LogP contribution in [-0.4, -0.2) is 16.1 Å². The van der Waals surface area contributed by atoms with E-state index in [1.54, 1.807) is 0 Å². The number of allylic oxidation sites excluding steroid dienone is 1.